The van der Waals surface area contributed by atoms with E-state index in [-0.39, 0.29) is 6.54 Å². The van der Waals surface area contributed by atoms with Crippen molar-refractivity contribution in [3.8, 4) is 0 Å². The lowest BCUT2D eigenvalue weighted by atomic mass is 9.73. The van der Waals surface area contributed by atoms with Gasteiger partial charge in [0.25, 0.3) is 0 Å². The second-order valence-corrected chi connectivity index (χ2v) is 7.05. The van der Waals surface area contributed by atoms with Crippen LogP contribution in [0.1, 0.15) is 25.7 Å². The van der Waals surface area contributed by atoms with Gasteiger partial charge in [-0.15, -0.1) is 0 Å². The topological polar surface area (TPSA) is 86.5 Å². The molecule has 2 aromatic rings. The number of hydrogen-bond donors (Lipinski definition) is 2. The van der Waals surface area contributed by atoms with Crippen molar-refractivity contribution in [2.24, 2.45) is 11.3 Å². The summed E-state index contributed by atoms with van der Waals surface area (Å²) >= 11 is 0. The van der Waals surface area contributed by atoms with Gasteiger partial charge < -0.3 is 15.1 Å². The summed E-state index contributed by atoms with van der Waals surface area (Å²) < 4.78 is 0. The smallest absolute Gasteiger partial charge is 0.314 e. The minimum Gasteiger partial charge on any atom is -0.481 e. The first kappa shape index (κ1) is 15.3. The summed E-state index contributed by atoms with van der Waals surface area (Å²) in [5, 5.41) is 20.3. The number of aliphatic carboxylic acids is 1. The summed E-state index contributed by atoms with van der Waals surface area (Å²) in [6, 6.07) is 7.63. The van der Waals surface area contributed by atoms with E-state index in [1.807, 2.05) is 29.2 Å². The van der Waals surface area contributed by atoms with Crippen molar-refractivity contribution in [2.75, 3.05) is 18.0 Å². The maximum Gasteiger partial charge on any atom is 0.314 e. The van der Waals surface area contributed by atoms with Gasteiger partial charge in [0.2, 0.25) is 0 Å². The Bertz CT molecular complexity index is 777. The molecule has 6 nitrogen and oxygen atoms in total. The second-order valence-electron chi connectivity index (χ2n) is 7.05. The lowest BCUT2D eigenvalue weighted by Crippen LogP contribution is -2.56. The molecule has 1 saturated heterocycles. The van der Waals surface area contributed by atoms with Crippen LogP contribution in [0.25, 0.3) is 11.0 Å². The van der Waals surface area contributed by atoms with Gasteiger partial charge in [-0.3, -0.25) is 9.78 Å². The molecule has 0 unspecified atom stereocenters. The standard InChI is InChI=1S/C18H21N3O3/c22-15-7-8-21(11-18(15,17(23)24)9-12-5-6-12)16-10-19-13-3-1-2-4-14(13)20-16/h1-4,10,12,15,22H,5-9,11H2,(H,23,24)/t15-,18-/m0/s1. The first-order chi connectivity index (χ1) is 11.6. The van der Waals surface area contributed by atoms with E-state index >= 15 is 0 Å². The SMILES string of the molecule is O=C(O)[C@@]1(CC2CC2)CN(c2cnc3ccccc3n2)CC[C@@H]1O. The van der Waals surface area contributed by atoms with E-state index in [2.05, 4.69) is 9.97 Å². The lowest BCUT2D eigenvalue weighted by Gasteiger charge is -2.44. The van der Waals surface area contributed by atoms with E-state index in [1.165, 1.54) is 0 Å². The minimum atomic E-state index is -1.10. The Labute approximate surface area is 140 Å². The van der Waals surface area contributed by atoms with Crippen LogP contribution in [0, 0.1) is 11.3 Å². The van der Waals surface area contributed by atoms with Gasteiger partial charge in [0.05, 0.1) is 23.3 Å². The number of piperidine rings is 1. The Morgan fingerprint density at radius 3 is 2.71 bits per heavy atom. The molecule has 2 atom stereocenters. The number of fused-ring (bicyclic) bond motifs is 1. The predicted molar refractivity (Wildman–Crippen MR) is 89.8 cm³/mol. The van der Waals surface area contributed by atoms with Crippen LogP contribution in [0.4, 0.5) is 5.82 Å². The minimum absolute atomic E-state index is 0.285. The molecule has 126 valence electrons. The van der Waals surface area contributed by atoms with Gasteiger partial charge in [-0.25, -0.2) is 4.98 Å². The summed E-state index contributed by atoms with van der Waals surface area (Å²) in [6.45, 7) is 0.876. The zero-order valence-corrected chi connectivity index (χ0v) is 13.4. The molecule has 6 heteroatoms. The third-order valence-corrected chi connectivity index (χ3v) is 5.32. The number of carboxylic acid groups (broad SMARTS) is 1. The molecule has 1 saturated carbocycles. The van der Waals surface area contributed by atoms with Gasteiger partial charge in [-0.1, -0.05) is 25.0 Å². The van der Waals surface area contributed by atoms with E-state index in [1.54, 1.807) is 6.20 Å². The average Bonchev–Trinajstić information content (AvgIpc) is 3.40. The monoisotopic (exact) mass is 327 g/mol. The van der Waals surface area contributed by atoms with Gasteiger partial charge in [0.15, 0.2) is 0 Å². The maximum absolute atomic E-state index is 12.0. The largest absolute Gasteiger partial charge is 0.481 e. The normalized spacial score (nSPS) is 27.4. The second kappa shape index (κ2) is 5.70. The molecule has 1 aliphatic carbocycles. The highest BCUT2D eigenvalue weighted by Crippen LogP contribution is 2.45. The summed E-state index contributed by atoms with van der Waals surface area (Å²) in [5.74, 6) is 0.209. The molecule has 24 heavy (non-hydrogen) atoms. The fourth-order valence-corrected chi connectivity index (χ4v) is 3.71. The molecule has 1 aliphatic heterocycles. The summed E-state index contributed by atoms with van der Waals surface area (Å²) in [5.41, 5.74) is 0.511. The van der Waals surface area contributed by atoms with Crippen LogP contribution in [0.5, 0.6) is 0 Å². The number of benzene rings is 1. The zero-order valence-electron chi connectivity index (χ0n) is 13.4. The van der Waals surface area contributed by atoms with E-state index in [0.29, 0.717) is 31.1 Å². The summed E-state index contributed by atoms with van der Waals surface area (Å²) in [7, 11) is 0. The van der Waals surface area contributed by atoms with Crippen molar-refractivity contribution in [3.63, 3.8) is 0 Å². The Hall–Kier alpha value is -2.21. The van der Waals surface area contributed by atoms with E-state index in [0.717, 1.165) is 23.9 Å². The quantitative estimate of drug-likeness (QED) is 0.894. The summed E-state index contributed by atoms with van der Waals surface area (Å²) in [4.78, 5) is 23.0. The Morgan fingerprint density at radius 1 is 1.25 bits per heavy atom. The van der Waals surface area contributed by atoms with Crippen molar-refractivity contribution < 1.29 is 15.0 Å². The van der Waals surface area contributed by atoms with Crippen LogP contribution in [0.2, 0.25) is 0 Å². The number of carbonyl (C=O) groups is 1. The van der Waals surface area contributed by atoms with Gasteiger partial charge >= 0.3 is 5.97 Å². The van der Waals surface area contributed by atoms with Crippen molar-refractivity contribution in [3.05, 3.63) is 30.5 Å². The summed E-state index contributed by atoms with van der Waals surface area (Å²) in [6.07, 6.45) is 4.01. The van der Waals surface area contributed by atoms with Crippen molar-refractivity contribution >= 4 is 22.8 Å². The molecule has 1 aromatic carbocycles. The Kier molecular flexibility index (Phi) is 3.64. The van der Waals surface area contributed by atoms with Crippen molar-refractivity contribution in [2.45, 2.75) is 31.8 Å². The molecule has 2 N–H and O–H groups in total. The molecule has 2 heterocycles. The van der Waals surface area contributed by atoms with Gasteiger partial charge in [-0.05, 0) is 30.9 Å². The molecule has 0 bridgehead atoms. The fourth-order valence-electron chi connectivity index (χ4n) is 3.71. The Balaban J connectivity index is 1.66. The number of aliphatic hydroxyl groups is 1. The first-order valence-electron chi connectivity index (χ1n) is 8.47. The number of nitrogens with zero attached hydrogens (tertiary/aromatic N) is 3. The molecule has 2 fully saturated rings. The maximum atomic E-state index is 12.0. The highest BCUT2D eigenvalue weighted by molar-refractivity contribution is 5.78. The third-order valence-electron chi connectivity index (χ3n) is 5.32. The van der Waals surface area contributed by atoms with Crippen molar-refractivity contribution in [1.82, 2.24) is 9.97 Å². The van der Waals surface area contributed by atoms with Crippen LogP contribution >= 0.6 is 0 Å². The molecule has 1 aromatic heterocycles. The number of anilines is 1. The third kappa shape index (κ3) is 2.60. The molecular formula is C18H21N3O3. The molecule has 4 rings (SSSR count). The van der Waals surface area contributed by atoms with Crippen LogP contribution in [-0.4, -0.2) is 45.3 Å². The Morgan fingerprint density at radius 2 is 2.00 bits per heavy atom. The molecule has 2 aliphatic rings. The number of rotatable bonds is 4. The molecule has 0 amide bonds. The average molecular weight is 327 g/mol. The highest BCUT2D eigenvalue weighted by atomic mass is 16.4. The van der Waals surface area contributed by atoms with E-state index in [4.69, 9.17) is 0 Å². The van der Waals surface area contributed by atoms with Gasteiger partial charge in [0, 0.05) is 13.1 Å². The van der Waals surface area contributed by atoms with Gasteiger partial charge in [0.1, 0.15) is 11.2 Å². The van der Waals surface area contributed by atoms with E-state index < -0.39 is 17.5 Å². The van der Waals surface area contributed by atoms with Crippen LogP contribution in [0.15, 0.2) is 30.5 Å². The molecule has 0 radical (unpaired) electrons. The number of aliphatic hydroxyl groups excluding tert-OH is 1. The van der Waals surface area contributed by atoms with Crippen molar-refractivity contribution in [1.29, 1.82) is 0 Å². The molecular weight excluding hydrogens is 306 g/mol. The number of hydrogen-bond acceptors (Lipinski definition) is 5. The molecule has 0 spiro atoms. The zero-order chi connectivity index (χ0) is 16.7. The van der Waals surface area contributed by atoms with Crippen LogP contribution in [-0.2, 0) is 4.79 Å². The van der Waals surface area contributed by atoms with E-state index in [9.17, 15) is 15.0 Å². The van der Waals surface area contributed by atoms with Crippen LogP contribution in [0.3, 0.4) is 0 Å². The number of carboxylic acids is 1. The highest BCUT2D eigenvalue weighted by Gasteiger charge is 2.52. The number of aromatic nitrogens is 2. The van der Waals surface area contributed by atoms with Gasteiger partial charge in [-0.2, -0.15) is 0 Å². The first-order valence-corrected chi connectivity index (χ1v) is 8.47. The fraction of sp³-hybridized carbons (Fsp3) is 0.500. The van der Waals surface area contributed by atoms with Crippen LogP contribution < -0.4 is 4.90 Å². The lowest BCUT2D eigenvalue weighted by molar-refractivity contribution is -0.158. The number of para-hydroxylation sites is 2. The predicted octanol–water partition coefficient (Wildman–Crippen LogP) is 2.07.